The van der Waals surface area contributed by atoms with Crippen LogP contribution in [0.25, 0.3) is 22.4 Å². The van der Waals surface area contributed by atoms with E-state index in [0.29, 0.717) is 6.61 Å². The van der Waals surface area contributed by atoms with E-state index in [9.17, 15) is 9.90 Å². The Morgan fingerprint density at radius 2 is 2.06 bits per heavy atom. The normalized spacial score (nSPS) is 18.5. The quantitative estimate of drug-likeness (QED) is 0.580. The molecule has 2 aliphatic rings. The van der Waals surface area contributed by atoms with Crippen molar-refractivity contribution in [3.05, 3.63) is 36.5 Å². The number of carboxylic acids is 1. The summed E-state index contributed by atoms with van der Waals surface area (Å²) in [5, 5.41) is 9.46. The van der Waals surface area contributed by atoms with Gasteiger partial charge < -0.3 is 24.5 Å². The van der Waals surface area contributed by atoms with Crippen LogP contribution in [0.4, 0.5) is 5.82 Å². The van der Waals surface area contributed by atoms with Gasteiger partial charge in [0.05, 0.1) is 36.3 Å². The monoisotopic (exact) mass is 436 g/mol. The molecule has 3 aromatic rings. The number of carbonyl (C=O) groups is 1. The van der Waals surface area contributed by atoms with Crippen LogP contribution >= 0.6 is 0 Å². The SMILES string of the molecule is COc1ccc2nc(-c3ccc(N4CCC(OCC5(C(=O)O)CCC5)CC4)nc3)[nH]c2c1. The number of benzene rings is 1. The first kappa shape index (κ1) is 20.8. The Labute approximate surface area is 186 Å². The summed E-state index contributed by atoms with van der Waals surface area (Å²) in [6.07, 6.45) is 6.18. The van der Waals surface area contributed by atoms with Crippen LogP contribution in [0, 0.1) is 5.41 Å². The molecule has 0 atom stereocenters. The van der Waals surface area contributed by atoms with Crippen LogP contribution in [0.3, 0.4) is 0 Å². The molecule has 2 fully saturated rings. The Hall–Kier alpha value is -3.13. The fourth-order valence-electron chi connectivity index (χ4n) is 4.52. The first-order valence-corrected chi connectivity index (χ1v) is 11.2. The molecular weight excluding hydrogens is 408 g/mol. The molecule has 1 aromatic carbocycles. The molecule has 0 radical (unpaired) electrons. The smallest absolute Gasteiger partial charge is 0.311 e. The highest BCUT2D eigenvalue weighted by Gasteiger charge is 2.45. The molecule has 0 spiro atoms. The summed E-state index contributed by atoms with van der Waals surface area (Å²) >= 11 is 0. The molecule has 0 unspecified atom stereocenters. The number of aromatic nitrogens is 3. The van der Waals surface area contributed by atoms with Gasteiger partial charge in [-0.2, -0.15) is 0 Å². The van der Waals surface area contributed by atoms with Crippen molar-refractivity contribution in [2.24, 2.45) is 5.41 Å². The molecule has 0 amide bonds. The number of nitrogens with zero attached hydrogens (tertiary/aromatic N) is 3. The summed E-state index contributed by atoms with van der Waals surface area (Å²) in [7, 11) is 1.65. The molecule has 2 N–H and O–H groups in total. The van der Waals surface area contributed by atoms with Gasteiger partial charge in [-0.15, -0.1) is 0 Å². The second-order valence-electron chi connectivity index (χ2n) is 8.81. The number of fused-ring (bicyclic) bond motifs is 1. The van der Waals surface area contributed by atoms with Gasteiger partial charge in [-0.25, -0.2) is 9.97 Å². The van der Waals surface area contributed by atoms with Crippen molar-refractivity contribution in [2.45, 2.75) is 38.2 Å². The zero-order valence-corrected chi connectivity index (χ0v) is 18.2. The van der Waals surface area contributed by atoms with Crippen LogP contribution in [0.5, 0.6) is 5.75 Å². The Kier molecular flexibility index (Phi) is 5.46. The van der Waals surface area contributed by atoms with E-state index in [1.54, 1.807) is 7.11 Å². The fourth-order valence-corrected chi connectivity index (χ4v) is 4.52. The first-order valence-electron chi connectivity index (χ1n) is 11.2. The molecule has 5 rings (SSSR count). The van der Waals surface area contributed by atoms with Gasteiger partial charge in [0.15, 0.2) is 0 Å². The number of hydrogen-bond acceptors (Lipinski definition) is 6. The Bertz CT molecular complexity index is 1100. The van der Waals surface area contributed by atoms with Crippen molar-refractivity contribution in [1.29, 1.82) is 0 Å². The summed E-state index contributed by atoms with van der Waals surface area (Å²) in [4.78, 5) is 26.4. The zero-order valence-electron chi connectivity index (χ0n) is 18.2. The summed E-state index contributed by atoms with van der Waals surface area (Å²) in [6.45, 7) is 2.03. The lowest BCUT2D eigenvalue weighted by molar-refractivity contribution is -0.162. The number of nitrogens with one attached hydrogen (secondary N) is 1. The van der Waals surface area contributed by atoms with E-state index in [4.69, 9.17) is 9.47 Å². The summed E-state index contributed by atoms with van der Waals surface area (Å²) < 4.78 is 11.3. The van der Waals surface area contributed by atoms with E-state index in [2.05, 4.69) is 19.9 Å². The third-order valence-electron chi connectivity index (χ3n) is 6.84. The highest BCUT2D eigenvalue weighted by Crippen LogP contribution is 2.42. The number of methoxy groups -OCH3 is 1. The fraction of sp³-hybridized carbons (Fsp3) is 0.458. The molecule has 1 aliphatic heterocycles. The number of ether oxygens (including phenoxy) is 2. The van der Waals surface area contributed by atoms with Crippen molar-refractivity contribution < 1.29 is 19.4 Å². The number of imidazole rings is 1. The molecule has 168 valence electrons. The minimum absolute atomic E-state index is 0.120. The van der Waals surface area contributed by atoms with Gasteiger partial charge in [0.1, 0.15) is 17.4 Å². The molecule has 8 nitrogen and oxygen atoms in total. The van der Waals surface area contributed by atoms with Crippen molar-refractivity contribution >= 4 is 22.8 Å². The topological polar surface area (TPSA) is 101 Å². The predicted octanol–water partition coefficient (Wildman–Crippen LogP) is 3.87. The van der Waals surface area contributed by atoms with Crippen molar-refractivity contribution in [3.8, 4) is 17.1 Å². The molecule has 1 aliphatic carbocycles. The largest absolute Gasteiger partial charge is 0.497 e. The molecule has 1 saturated carbocycles. The molecule has 8 heteroatoms. The molecule has 2 aromatic heterocycles. The van der Waals surface area contributed by atoms with E-state index < -0.39 is 11.4 Å². The number of rotatable bonds is 7. The number of carboxylic acid groups (broad SMARTS) is 1. The van der Waals surface area contributed by atoms with E-state index in [-0.39, 0.29) is 6.10 Å². The highest BCUT2D eigenvalue weighted by molar-refractivity contribution is 5.80. The van der Waals surface area contributed by atoms with Gasteiger partial charge in [0.25, 0.3) is 0 Å². The van der Waals surface area contributed by atoms with Gasteiger partial charge in [-0.05, 0) is 49.9 Å². The second-order valence-corrected chi connectivity index (χ2v) is 8.81. The lowest BCUT2D eigenvalue weighted by Crippen LogP contribution is -2.44. The Morgan fingerprint density at radius 1 is 1.25 bits per heavy atom. The molecule has 1 saturated heterocycles. The van der Waals surface area contributed by atoms with E-state index >= 15 is 0 Å². The number of piperidine rings is 1. The van der Waals surface area contributed by atoms with Crippen molar-refractivity contribution in [3.63, 3.8) is 0 Å². The second kappa shape index (κ2) is 8.43. The number of aromatic amines is 1. The van der Waals surface area contributed by atoms with Gasteiger partial charge in [0.2, 0.25) is 0 Å². The maximum Gasteiger partial charge on any atom is 0.311 e. The molecule has 32 heavy (non-hydrogen) atoms. The minimum Gasteiger partial charge on any atom is -0.497 e. The number of anilines is 1. The third-order valence-corrected chi connectivity index (χ3v) is 6.84. The summed E-state index contributed by atoms with van der Waals surface area (Å²) in [5.41, 5.74) is 2.10. The maximum absolute atomic E-state index is 11.5. The molecule has 3 heterocycles. The Balaban J connectivity index is 1.19. The molecular formula is C24H28N4O4. The van der Waals surface area contributed by atoms with Gasteiger partial charge >= 0.3 is 5.97 Å². The lowest BCUT2D eigenvalue weighted by Gasteiger charge is -2.39. The van der Waals surface area contributed by atoms with Crippen LogP contribution in [-0.4, -0.2) is 58.9 Å². The van der Waals surface area contributed by atoms with Crippen LogP contribution in [0.1, 0.15) is 32.1 Å². The average molecular weight is 437 g/mol. The predicted molar refractivity (Wildman–Crippen MR) is 121 cm³/mol. The van der Waals surface area contributed by atoms with Crippen LogP contribution in [-0.2, 0) is 9.53 Å². The minimum atomic E-state index is -0.714. The average Bonchev–Trinajstić information content (AvgIpc) is 3.22. The summed E-state index contributed by atoms with van der Waals surface area (Å²) in [5.74, 6) is 1.79. The van der Waals surface area contributed by atoms with E-state index in [1.807, 2.05) is 36.5 Å². The molecule has 0 bridgehead atoms. The maximum atomic E-state index is 11.5. The highest BCUT2D eigenvalue weighted by atomic mass is 16.5. The number of hydrogen-bond donors (Lipinski definition) is 2. The van der Waals surface area contributed by atoms with E-state index in [0.717, 1.165) is 79.2 Å². The number of aliphatic carboxylic acids is 1. The zero-order chi connectivity index (χ0) is 22.1. The number of H-pyrrole nitrogens is 1. The third kappa shape index (κ3) is 3.90. The Morgan fingerprint density at radius 3 is 2.69 bits per heavy atom. The standard InChI is InChI=1S/C24H28N4O4/c1-31-18-4-5-19-20(13-18)27-22(26-19)16-3-6-21(25-14-16)28-11-7-17(8-12-28)32-15-24(23(29)30)9-2-10-24/h3-6,13-14,17H,2,7-12,15H2,1H3,(H,26,27)(H,29,30). The van der Waals surface area contributed by atoms with Crippen LogP contribution in [0.2, 0.25) is 0 Å². The first-order chi connectivity index (χ1) is 15.6. The van der Waals surface area contributed by atoms with Gasteiger partial charge in [-0.3, -0.25) is 4.79 Å². The van der Waals surface area contributed by atoms with Crippen LogP contribution in [0.15, 0.2) is 36.5 Å². The lowest BCUT2D eigenvalue weighted by atomic mass is 9.69. The van der Waals surface area contributed by atoms with Crippen molar-refractivity contribution in [2.75, 3.05) is 31.7 Å². The summed E-state index contributed by atoms with van der Waals surface area (Å²) in [6, 6.07) is 9.83. The van der Waals surface area contributed by atoms with E-state index in [1.165, 1.54) is 0 Å². The number of pyridine rings is 1. The van der Waals surface area contributed by atoms with Gasteiger partial charge in [-0.1, -0.05) is 6.42 Å². The van der Waals surface area contributed by atoms with Gasteiger partial charge in [0, 0.05) is 30.9 Å². The van der Waals surface area contributed by atoms with Crippen molar-refractivity contribution in [1.82, 2.24) is 15.0 Å². The van der Waals surface area contributed by atoms with Crippen LogP contribution < -0.4 is 9.64 Å².